The van der Waals surface area contributed by atoms with E-state index in [1.165, 1.54) is 0 Å². The molecule has 1 aromatic heterocycles. The lowest BCUT2D eigenvalue weighted by atomic mass is 10.2. The van der Waals surface area contributed by atoms with Crippen molar-refractivity contribution < 1.29 is 23.5 Å². The summed E-state index contributed by atoms with van der Waals surface area (Å²) in [4.78, 5) is 25.9. The Morgan fingerprint density at radius 1 is 1.25 bits per heavy atom. The first kappa shape index (κ1) is 16.8. The number of furan rings is 1. The average Bonchev–Trinajstić information content (AvgIpc) is 2.94. The van der Waals surface area contributed by atoms with Gasteiger partial charge in [-0.3, -0.25) is 4.79 Å². The first-order valence-electron chi connectivity index (χ1n) is 7.72. The summed E-state index contributed by atoms with van der Waals surface area (Å²) < 4.78 is 16.1. The number of morpholine rings is 1. The van der Waals surface area contributed by atoms with Crippen molar-refractivity contribution in [3.8, 4) is 0 Å². The zero-order valence-corrected chi connectivity index (χ0v) is 14.2. The molecule has 24 heavy (non-hydrogen) atoms. The SMILES string of the molecule is C[C@@H]1CN(C(=O)COC(=O)c2cc3cc(Cl)ccc3o2)C[C@@H](C)O1. The van der Waals surface area contributed by atoms with Crippen molar-refractivity contribution in [1.82, 2.24) is 4.90 Å². The van der Waals surface area contributed by atoms with Crippen LogP contribution < -0.4 is 0 Å². The Morgan fingerprint density at radius 3 is 2.67 bits per heavy atom. The molecule has 2 aromatic rings. The molecular weight excluding hydrogens is 334 g/mol. The Balaban J connectivity index is 1.60. The van der Waals surface area contributed by atoms with E-state index >= 15 is 0 Å². The van der Waals surface area contributed by atoms with Crippen LogP contribution in [0.4, 0.5) is 0 Å². The Morgan fingerprint density at radius 2 is 1.96 bits per heavy atom. The van der Waals surface area contributed by atoms with Crippen molar-refractivity contribution in [2.45, 2.75) is 26.1 Å². The van der Waals surface area contributed by atoms with Gasteiger partial charge in [-0.25, -0.2) is 4.79 Å². The van der Waals surface area contributed by atoms with Crippen LogP contribution >= 0.6 is 11.6 Å². The van der Waals surface area contributed by atoms with Gasteiger partial charge in [-0.2, -0.15) is 0 Å². The predicted octanol–water partition coefficient (Wildman–Crippen LogP) is 2.88. The number of amides is 1. The second-order valence-corrected chi connectivity index (χ2v) is 6.36. The summed E-state index contributed by atoms with van der Waals surface area (Å²) in [5, 5.41) is 1.26. The van der Waals surface area contributed by atoms with Crippen LogP contribution in [0.25, 0.3) is 11.0 Å². The van der Waals surface area contributed by atoms with Crippen LogP contribution in [-0.4, -0.2) is 48.7 Å². The quantitative estimate of drug-likeness (QED) is 0.795. The van der Waals surface area contributed by atoms with E-state index in [4.69, 9.17) is 25.5 Å². The molecule has 0 N–H and O–H groups in total. The van der Waals surface area contributed by atoms with Gasteiger partial charge in [-0.15, -0.1) is 0 Å². The Kier molecular flexibility index (Phi) is 4.78. The van der Waals surface area contributed by atoms with Crippen LogP contribution in [0.2, 0.25) is 5.02 Å². The summed E-state index contributed by atoms with van der Waals surface area (Å²) in [6.45, 7) is 4.47. The maximum Gasteiger partial charge on any atom is 0.374 e. The molecule has 1 aromatic carbocycles. The molecule has 0 aliphatic carbocycles. The fourth-order valence-corrected chi connectivity index (χ4v) is 2.97. The van der Waals surface area contributed by atoms with Crippen molar-refractivity contribution in [1.29, 1.82) is 0 Å². The Labute approximate surface area is 144 Å². The molecule has 1 saturated heterocycles. The summed E-state index contributed by atoms with van der Waals surface area (Å²) >= 11 is 5.90. The molecule has 7 heteroatoms. The van der Waals surface area contributed by atoms with Crippen LogP contribution in [0.5, 0.6) is 0 Å². The lowest BCUT2D eigenvalue weighted by Gasteiger charge is -2.35. The summed E-state index contributed by atoms with van der Waals surface area (Å²) in [5.74, 6) is -0.877. The van der Waals surface area contributed by atoms with E-state index in [0.29, 0.717) is 29.1 Å². The van der Waals surface area contributed by atoms with Crippen molar-refractivity contribution in [3.63, 3.8) is 0 Å². The Bertz CT molecular complexity index is 761. The molecule has 1 aliphatic heterocycles. The lowest BCUT2D eigenvalue weighted by molar-refractivity contribution is -0.146. The predicted molar refractivity (Wildman–Crippen MR) is 88.1 cm³/mol. The zero-order chi connectivity index (χ0) is 17.3. The second kappa shape index (κ2) is 6.83. The zero-order valence-electron chi connectivity index (χ0n) is 13.5. The minimum absolute atomic E-state index is 0.0338. The highest BCUT2D eigenvalue weighted by atomic mass is 35.5. The number of rotatable bonds is 3. The molecule has 1 amide bonds. The van der Waals surface area contributed by atoms with E-state index in [1.807, 2.05) is 13.8 Å². The molecule has 0 unspecified atom stereocenters. The fraction of sp³-hybridized carbons (Fsp3) is 0.412. The molecule has 2 heterocycles. The fourth-order valence-electron chi connectivity index (χ4n) is 2.79. The molecule has 0 radical (unpaired) electrons. The number of benzene rings is 1. The second-order valence-electron chi connectivity index (χ2n) is 5.92. The van der Waals surface area contributed by atoms with Crippen LogP contribution in [0.3, 0.4) is 0 Å². The van der Waals surface area contributed by atoms with Gasteiger partial charge < -0.3 is 18.8 Å². The summed E-state index contributed by atoms with van der Waals surface area (Å²) in [6, 6.07) is 6.59. The summed E-state index contributed by atoms with van der Waals surface area (Å²) in [5.41, 5.74) is 0.536. The van der Waals surface area contributed by atoms with Gasteiger partial charge in [0.2, 0.25) is 5.76 Å². The van der Waals surface area contributed by atoms with E-state index < -0.39 is 5.97 Å². The van der Waals surface area contributed by atoms with Gasteiger partial charge in [0.05, 0.1) is 12.2 Å². The Hall–Kier alpha value is -2.05. The van der Waals surface area contributed by atoms with Crippen LogP contribution in [0, 0.1) is 0 Å². The summed E-state index contributed by atoms with van der Waals surface area (Å²) in [6.07, 6.45) is -0.0676. The third-order valence-electron chi connectivity index (χ3n) is 3.78. The molecule has 0 spiro atoms. The van der Waals surface area contributed by atoms with Crippen molar-refractivity contribution in [2.75, 3.05) is 19.7 Å². The van der Waals surface area contributed by atoms with Gasteiger partial charge in [0.25, 0.3) is 5.91 Å². The third kappa shape index (κ3) is 3.71. The van der Waals surface area contributed by atoms with Gasteiger partial charge in [-0.1, -0.05) is 11.6 Å². The van der Waals surface area contributed by atoms with Crippen LogP contribution in [0.15, 0.2) is 28.7 Å². The maximum absolute atomic E-state index is 12.2. The standard InChI is InChI=1S/C17H18ClNO5/c1-10-7-19(8-11(2)23-10)16(20)9-22-17(21)15-6-12-5-13(18)3-4-14(12)24-15/h3-6,10-11H,7-9H2,1-2H3/t10-,11-/m1/s1. The lowest BCUT2D eigenvalue weighted by Crippen LogP contribution is -2.49. The van der Waals surface area contributed by atoms with Gasteiger partial charge in [0, 0.05) is 23.5 Å². The van der Waals surface area contributed by atoms with Gasteiger partial charge in [0.1, 0.15) is 5.58 Å². The number of nitrogens with zero attached hydrogens (tertiary/aromatic N) is 1. The molecule has 6 nitrogen and oxygen atoms in total. The van der Waals surface area contributed by atoms with E-state index in [0.717, 1.165) is 0 Å². The third-order valence-corrected chi connectivity index (χ3v) is 4.01. The van der Waals surface area contributed by atoms with E-state index in [1.54, 1.807) is 29.2 Å². The first-order chi connectivity index (χ1) is 11.4. The minimum Gasteiger partial charge on any atom is -0.450 e. The van der Waals surface area contributed by atoms with Crippen molar-refractivity contribution >= 4 is 34.4 Å². The average molecular weight is 352 g/mol. The number of carbonyl (C=O) groups excluding carboxylic acids is 2. The van der Waals surface area contributed by atoms with Crippen LogP contribution in [0.1, 0.15) is 24.4 Å². The maximum atomic E-state index is 12.2. The highest BCUT2D eigenvalue weighted by Gasteiger charge is 2.26. The minimum atomic E-state index is -0.676. The van der Waals surface area contributed by atoms with E-state index in [-0.39, 0.29) is 30.5 Å². The number of hydrogen-bond acceptors (Lipinski definition) is 5. The van der Waals surface area contributed by atoms with E-state index in [2.05, 4.69) is 0 Å². The molecule has 0 bridgehead atoms. The molecule has 0 saturated carbocycles. The molecule has 3 rings (SSSR count). The van der Waals surface area contributed by atoms with Gasteiger partial charge in [0.15, 0.2) is 6.61 Å². The van der Waals surface area contributed by atoms with Gasteiger partial charge >= 0.3 is 5.97 Å². The molecular formula is C17H18ClNO5. The smallest absolute Gasteiger partial charge is 0.374 e. The summed E-state index contributed by atoms with van der Waals surface area (Å²) in [7, 11) is 0. The number of hydrogen-bond donors (Lipinski definition) is 0. The topological polar surface area (TPSA) is 69.0 Å². The molecule has 2 atom stereocenters. The highest BCUT2D eigenvalue weighted by Crippen LogP contribution is 2.23. The largest absolute Gasteiger partial charge is 0.450 e. The van der Waals surface area contributed by atoms with Crippen LogP contribution in [-0.2, 0) is 14.3 Å². The van der Waals surface area contributed by atoms with Gasteiger partial charge in [-0.05, 0) is 38.1 Å². The number of fused-ring (bicyclic) bond motifs is 1. The normalized spacial score (nSPS) is 21.0. The molecule has 1 aliphatic rings. The van der Waals surface area contributed by atoms with Crippen molar-refractivity contribution in [2.24, 2.45) is 0 Å². The monoisotopic (exact) mass is 351 g/mol. The first-order valence-corrected chi connectivity index (χ1v) is 8.09. The van der Waals surface area contributed by atoms with Crippen molar-refractivity contribution in [3.05, 3.63) is 35.0 Å². The number of esters is 1. The number of ether oxygens (including phenoxy) is 2. The number of halogens is 1. The molecule has 1 fully saturated rings. The van der Waals surface area contributed by atoms with E-state index in [9.17, 15) is 9.59 Å². The highest BCUT2D eigenvalue weighted by molar-refractivity contribution is 6.31. The number of carbonyl (C=O) groups is 2. The molecule has 128 valence electrons.